The number of nitrogens with zero attached hydrogens (tertiary/aromatic N) is 2. The molecule has 2 aliphatic heterocycles. The van der Waals surface area contributed by atoms with Gasteiger partial charge in [-0.15, -0.1) is 0 Å². The van der Waals surface area contributed by atoms with Crippen LogP contribution in [0.4, 0.5) is 0 Å². The van der Waals surface area contributed by atoms with Gasteiger partial charge in [-0.2, -0.15) is 0 Å². The molecule has 4 nitrogen and oxygen atoms in total. The van der Waals surface area contributed by atoms with Gasteiger partial charge in [0, 0.05) is 22.1 Å². The van der Waals surface area contributed by atoms with Gasteiger partial charge in [0.1, 0.15) is 0 Å². The summed E-state index contributed by atoms with van der Waals surface area (Å²) in [5, 5.41) is 0. The Kier molecular flexibility index (Phi) is 5.54. The van der Waals surface area contributed by atoms with Crippen molar-refractivity contribution in [2.75, 3.05) is 0 Å². The molecular weight excluding hydrogens is 468 g/mol. The number of hydrogen-bond donors (Lipinski definition) is 2. The van der Waals surface area contributed by atoms with E-state index in [0.29, 0.717) is 0 Å². The predicted octanol–water partition coefficient (Wildman–Crippen LogP) is 6.03. The third-order valence-corrected chi connectivity index (χ3v) is 4.04. The van der Waals surface area contributed by atoms with Crippen LogP contribution in [0.25, 0.3) is 46.4 Å². The van der Waals surface area contributed by atoms with Gasteiger partial charge in [-0.05, 0) is 72.8 Å². The van der Waals surface area contributed by atoms with Crippen molar-refractivity contribution in [2.45, 2.75) is 0 Å². The first-order valence-corrected chi connectivity index (χ1v) is 12.6. The van der Waals surface area contributed by atoms with Crippen LogP contribution in [0.1, 0.15) is 22.8 Å². The number of rotatable bonds is 0. The maximum absolute atomic E-state index is 4.85. The molecule has 27 heavy (non-hydrogen) atoms. The first kappa shape index (κ1) is 18.2. The maximum atomic E-state index is 4.85. The van der Waals surface area contributed by atoms with Crippen molar-refractivity contribution in [2.24, 2.45) is 0 Å². The van der Waals surface area contributed by atoms with Crippen LogP contribution in [0.2, 0.25) is 0 Å². The minimum atomic E-state index is -0.346. The number of aromatic nitrogens is 4. The third-order valence-electron chi connectivity index (χ3n) is 4.04. The number of aromatic amines is 2. The molecule has 5 heterocycles. The van der Waals surface area contributed by atoms with Crippen molar-refractivity contribution in [1.29, 1.82) is 0 Å². The molecule has 0 fully saturated rings. The zero-order valence-electron chi connectivity index (χ0n) is 13.9. The molecule has 2 N–H and O–H groups in total. The van der Waals surface area contributed by atoms with Crippen molar-refractivity contribution < 1.29 is 15.1 Å². The van der Waals surface area contributed by atoms with E-state index in [1.807, 2.05) is 42.5 Å². The fraction of sp³-hybridized carbons (Fsp3) is 0. The summed E-state index contributed by atoms with van der Waals surface area (Å²) in [5.41, 5.74) is 7.86. The second kappa shape index (κ2) is 8.22. The molecular formula is C20H14Cl2N4Ru. The Bertz CT molecular complexity index is 1100. The first-order valence-electron chi connectivity index (χ1n) is 8.11. The van der Waals surface area contributed by atoms with Crippen LogP contribution >= 0.6 is 19.4 Å². The van der Waals surface area contributed by atoms with Crippen molar-refractivity contribution in [1.82, 2.24) is 19.9 Å². The Morgan fingerprint density at radius 2 is 0.889 bits per heavy atom. The molecule has 0 radical (unpaired) electrons. The zero-order chi connectivity index (χ0) is 18.6. The van der Waals surface area contributed by atoms with Gasteiger partial charge >= 0.3 is 34.5 Å². The number of hydrogen-bond acceptors (Lipinski definition) is 2. The second-order valence-corrected chi connectivity index (χ2v) is 8.59. The van der Waals surface area contributed by atoms with Crippen LogP contribution in [-0.2, 0) is 15.1 Å². The van der Waals surface area contributed by atoms with Gasteiger partial charge in [0.05, 0.1) is 22.8 Å². The van der Waals surface area contributed by atoms with E-state index in [1.165, 1.54) is 0 Å². The average molecular weight is 482 g/mol. The van der Waals surface area contributed by atoms with Crippen LogP contribution in [0.5, 0.6) is 0 Å². The molecule has 0 atom stereocenters. The van der Waals surface area contributed by atoms with E-state index in [1.54, 1.807) is 0 Å². The van der Waals surface area contributed by atoms with E-state index < -0.39 is 0 Å². The van der Waals surface area contributed by atoms with Crippen molar-refractivity contribution in [3.05, 3.63) is 71.3 Å². The fourth-order valence-corrected chi connectivity index (χ4v) is 2.94. The Labute approximate surface area is 171 Å². The van der Waals surface area contributed by atoms with E-state index in [-0.39, 0.29) is 15.1 Å². The molecule has 0 unspecified atom stereocenters. The molecule has 0 aliphatic carbocycles. The number of H-pyrrole nitrogens is 2. The van der Waals surface area contributed by atoms with Gasteiger partial charge in [0.25, 0.3) is 0 Å². The van der Waals surface area contributed by atoms with Gasteiger partial charge in [-0.3, -0.25) is 0 Å². The van der Waals surface area contributed by atoms with E-state index in [4.69, 9.17) is 19.4 Å². The molecule has 3 aromatic heterocycles. The van der Waals surface area contributed by atoms with Crippen molar-refractivity contribution in [3.8, 4) is 0 Å². The van der Waals surface area contributed by atoms with Gasteiger partial charge < -0.3 is 9.97 Å². The summed E-state index contributed by atoms with van der Waals surface area (Å²) in [6, 6.07) is 16.4. The van der Waals surface area contributed by atoms with Gasteiger partial charge in [0.2, 0.25) is 0 Å². The molecule has 136 valence electrons. The molecule has 0 aromatic carbocycles. The summed E-state index contributed by atoms with van der Waals surface area (Å²) < 4.78 is 0. The van der Waals surface area contributed by atoms with Crippen LogP contribution in [0.3, 0.4) is 0 Å². The number of nitrogens with one attached hydrogen (secondary N) is 2. The van der Waals surface area contributed by atoms with Crippen LogP contribution < -0.4 is 0 Å². The van der Waals surface area contributed by atoms with Gasteiger partial charge in [-0.25, -0.2) is 9.97 Å². The summed E-state index contributed by atoms with van der Waals surface area (Å²) in [6.07, 6.45) is 8.05. The van der Waals surface area contributed by atoms with Gasteiger partial charge in [0.15, 0.2) is 0 Å². The summed E-state index contributed by atoms with van der Waals surface area (Å²) in [5.74, 6) is 0. The number of halogens is 2. The molecule has 0 saturated carbocycles. The summed E-state index contributed by atoms with van der Waals surface area (Å²) in [7, 11) is 9.71. The normalized spacial score (nSPS) is 12.1. The SMILES string of the molecule is C1=Cc2cc3ccc(cc4ccc(cc5nc(cc1n2)C=C5)[nH]4)[nH]3.[Cl][Ru][Cl]. The fourth-order valence-electron chi connectivity index (χ4n) is 2.94. The van der Waals surface area contributed by atoms with Crippen LogP contribution in [0.15, 0.2) is 48.5 Å². The monoisotopic (exact) mass is 482 g/mol. The summed E-state index contributed by atoms with van der Waals surface area (Å²) in [6.45, 7) is 0. The Morgan fingerprint density at radius 1 is 0.556 bits per heavy atom. The van der Waals surface area contributed by atoms with Crippen molar-refractivity contribution >= 4 is 65.8 Å². The standard InChI is InChI=1S/C20H14N4.2ClH.Ru/c1-2-14-10-16-5-6-18(23-16)12-20-8-7-19(24-20)11-17-4-3-15(22-17)9-13(1)21-14;;;/h1-12,21-22H;2*1H;/q;;;+2/p-2. The van der Waals surface area contributed by atoms with E-state index >= 15 is 0 Å². The average Bonchev–Trinajstić information content (AvgIpc) is 3.41. The van der Waals surface area contributed by atoms with E-state index in [0.717, 1.165) is 44.8 Å². The molecule has 7 heteroatoms. The van der Waals surface area contributed by atoms with Crippen LogP contribution in [0, 0.1) is 0 Å². The topological polar surface area (TPSA) is 57.4 Å². The summed E-state index contributed by atoms with van der Waals surface area (Å²) in [4.78, 5) is 16.0. The zero-order valence-corrected chi connectivity index (χ0v) is 17.2. The minimum absolute atomic E-state index is 0.346. The van der Waals surface area contributed by atoms with Gasteiger partial charge in [-0.1, -0.05) is 0 Å². The quantitative estimate of drug-likeness (QED) is 0.265. The van der Waals surface area contributed by atoms with Crippen molar-refractivity contribution in [3.63, 3.8) is 0 Å². The predicted molar refractivity (Wildman–Crippen MR) is 111 cm³/mol. The molecule has 5 rings (SSSR count). The Morgan fingerprint density at radius 3 is 1.30 bits per heavy atom. The second-order valence-electron chi connectivity index (χ2n) is 5.96. The Balaban J connectivity index is 0.000000565. The Hall–Kier alpha value is -2.20. The third kappa shape index (κ3) is 4.56. The molecule has 0 spiro atoms. The molecule has 0 saturated heterocycles. The number of fused-ring (bicyclic) bond motifs is 8. The first-order chi connectivity index (χ1) is 13.2. The molecule has 8 bridgehead atoms. The molecule has 3 aromatic rings. The van der Waals surface area contributed by atoms with Crippen LogP contribution in [-0.4, -0.2) is 19.9 Å². The van der Waals surface area contributed by atoms with E-state index in [9.17, 15) is 0 Å². The van der Waals surface area contributed by atoms with E-state index in [2.05, 4.69) is 50.3 Å². The molecule has 0 amide bonds. The molecule has 2 aliphatic rings. The summed E-state index contributed by atoms with van der Waals surface area (Å²) >= 11 is -0.346.